The number of hydrogen-bond acceptors (Lipinski definition) is 5. The van der Waals surface area contributed by atoms with Crippen LogP contribution in [-0.2, 0) is 9.53 Å². The maximum absolute atomic E-state index is 11.6. The van der Waals surface area contributed by atoms with Crippen LogP contribution < -0.4 is 5.32 Å². The summed E-state index contributed by atoms with van der Waals surface area (Å²) in [7, 11) is 0. The van der Waals surface area contributed by atoms with Gasteiger partial charge in [0.2, 0.25) is 5.90 Å². The molecule has 0 radical (unpaired) electrons. The number of nitrogens with zero attached hydrogens (tertiary/aromatic N) is 1. The lowest BCUT2D eigenvalue weighted by molar-refractivity contribution is -0.132. The zero-order valence-electron chi connectivity index (χ0n) is 11.6. The van der Waals surface area contributed by atoms with E-state index in [1.54, 1.807) is 0 Å². The summed E-state index contributed by atoms with van der Waals surface area (Å²) in [6.07, 6.45) is 0. The van der Waals surface area contributed by atoms with Crippen LogP contribution in [0.3, 0.4) is 0 Å². The quantitative estimate of drug-likeness (QED) is 0.814. The van der Waals surface area contributed by atoms with Gasteiger partial charge in [-0.1, -0.05) is 42.5 Å². The van der Waals surface area contributed by atoms with Crippen molar-refractivity contribution in [3.63, 3.8) is 0 Å². The number of carbonyl (C=O) groups excluding carboxylic acids is 1. The first-order chi connectivity index (χ1) is 10.8. The maximum Gasteiger partial charge on any atom is 0.323 e. The Morgan fingerprint density at radius 1 is 1.05 bits per heavy atom. The van der Waals surface area contributed by atoms with E-state index in [9.17, 15) is 4.79 Å². The number of carbonyl (C=O) groups is 1. The molecule has 2 aliphatic rings. The molecule has 0 atom stereocenters. The van der Waals surface area contributed by atoms with Crippen LogP contribution >= 0.6 is 11.8 Å². The Morgan fingerprint density at radius 3 is 2.68 bits per heavy atom. The molecule has 2 aromatic carbocycles. The van der Waals surface area contributed by atoms with Crippen molar-refractivity contribution in [1.82, 2.24) is 0 Å². The molecule has 4 nitrogen and oxygen atoms in total. The van der Waals surface area contributed by atoms with Crippen molar-refractivity contribution < 1.29 is 9.53 Å². The van der Waals surface area contributed by atoms with Crippen molar-refractivity contribution in [3.05, 3.63) is 65.1 Å². The Bertz CT molecular complexity index is 812. The molecule has 0 spiro atoms. The molecule has 5 heteroatoms. The van der Waals surface area contributed by atoms with Crippen LogP contribution in [0.2, 0.25) is 0 Å². The van der Waals surface area contributed by atoms with Gasteiger partial charge in [-0.05, 0) is 17.7 Å². The Labute approximate surface area is 131 Å². The highest BCUT2D eigenvalue weighted by molar-refractivity contribution is 8.04. The van der Waals surface area contributed by atoms with Gasteiger partial charge in [-0.25, -0.2) is 4.99 Å². The van der Waals surface area contributed by atoms with Crippen molar-refractivity contribution in [3.8, 4) is 0 Å². The minimum absolute atomic E-state index is 0.265. The van der Waals surface area contributed by atoms with Crippen molar-refractivity contribution in [2.24, 2.45) is 4.99 Å². The fraction of sp³-hybridized carbons (Fsp3) is 0.0588. The molecular weight excluding hydrogens is 296 g/mol. The van der Waals surface area contributed by atoms with Gasteiger partial charge in [0.25, 0.3) is 0 Å². The van der Waals surface area contributed by atoms with E-state index in [1.807, 2.05) is 54.6 Å². The molecule has 2 heterocycles. The normalized spacial score (nSPS) is 16.7. The van der Waals surface area contributed by atoms with E-state index in [2.05, 4.69) is 10.3 Å². The Balaban J connectivity index is 1.92. The number of fused-ring (bicyclic) bond motifs is 2. The van der Waals surface area contributed by atoms with Crippen molar-refractivity contribution in [1.29, 1.82) is 0 Å². The smallest absolute Gasteiger partial charge is 0.323 e. The lowest BCUT2D eigenvalue weighted by Gasteiger charge is -2.19. The Hall–Kier alpha value is -2.53. The molecule has 1 N–H and O–H groups in total. The molecule has 0 bridgehead atoms. The van der Waals surface area contributed by atoms with E-state index in [4.69, 9.17) is 4.74 Å². The van der Waals surface area contributed by atoms with Crippen LogP contribution in [0.1, 0.15) is 5.56 Å². The van der Waals surface area contributed by atoms with Gasteiger partial charge in [-0.15, -0.1) is 11.8 Å². The first kappa shape index (κ1) is 13.2. The molecule has 0 amide bonds. The SMILES string of the molecule is O=C1CSC2=C(c3ccccc3)Nc3ccccc3N=C2O1. The molecule has 108 valence electrons. The minimum Gasteiger partial charge on any atom is -0.405 e. The largest absolute Gasteiger partial charge is 0.405 e. The minimum atomic E-state index is -0.265. The molecule has 4 rings (SSSR count). The number of thioether (sulfide) groups is 1. The number of rotatable bonds is 1. The van der Waals surface area contributed by atoms with Crippen LogP contribution in [0.5, 0.6) is 0 Å². The lowest BCUT2D eigenvalue weighted by atomic mass is 10.1. The number of ether oxygens (including phenoxy) is 1. The first-order valence-electron chi connectivity index (χ1n) is 6.89. The van der Waals surface area contributed by atoms with Crippen molar-refractivity contribution in [2.75, 3.05) is 11.1 Å². The average Bonchev–Trinajstić information content (AvgIpc) is 2.71. The van der Waals surface area contributed by atoms with Crippen LogP contribution in [0, 0.1) is 0 Å². The molecule has 0 aliphatic carbocycles. The highest BCUT2D eigenvalue weighted by atomic mass is 32.2. The van der Waals surface area contributed by atoms with E-state index in [0.29, 0.717) is 11.7 Å². The van der Waals surface area contributed by atoms with Crippen molar-refractivity contribution in [2.45, 2.75) is 0 Å². The number of para-hydroxylation sites is 2. The van der Waals surface area contributed by atoms with E-state index < -0.39 is 0 Å². The molecular formula is C17H12N2O2S. The Morgan fingerprint density at radius 2 is 1.82 bits per heavy atom. The molecule has 1 fully saturated rings. The summed E-state index contributed by atoms with van der Waals surface area (Å²) < 4.78 is 5.37. The monoisotopic (exact) mass is 308 g/mol. The molecule has 2 aliphatic heterocycles. The Kier molecular flexibility index (Phi) is 3.20. The summed E-state index contributed by atoms with van der Waals surface area (Å²) >= 11 is 1.45. The number of nitrogens with one attached hydrogen (secondary N) is 1. The second-order valence-electron chi connectivity index (χ2n) is 4.89. The lowest BCUT2D eigenvalue weighted by Crippen LogP contribution is -2.22. The zero-order valence-corrected chi connectivity index (χ0v) is 12.4. The second-order valence-corrected chi connectivity index (χ2v) is 5.88. The van der Waals surface area contributed by atoms with Gasteiger partial charge in [-0.2, -0.15) is 0 Å². The van der Waals surface area contributed by atoms with Gasteiger partial charge in [0.1, 0.15) is 0 Å². The van der Waals surface area contributed by atoms with Crippen LogP contribution in [0.25, 0.3) is 5.70 Å². The van der Waals surface area contributed by atoms with Gasteiger partial charge < -0.3 is 10.1 Å². The van der Waals surface area contributed by atoms with Crippen molar-refractivity contribution >= 4 is 40.7 Å². The number of benzene rings is 2. The number of anilines is 1. The van der Waals surface area contributed by atoms with E-state index in [0.717, 1.165) is 27.5 Å². The maximum atomic E-state index is 11.6. The van der Waals surface area contributed by atoms with Crippen LogP contribution in [0.4, 0.5) is 11.4 Å². The summed E-state index contributed by atoms with van der Waals surface area (Å²) in [6, 6.07) is 17.7. The molecule has 0 aromatic heterocycles. The highest BCUT2D eigenvalue weighted by Crippen LogP contribution is 2.39. The summed E-state index contributed by atoms with van der Waals surface area (Å²) in [6.45, 7) is 0. The van der Waals surface area contributed by atoms with E-state index in [-0.39, 0.29) is 5.97 Å². The molecule has 0 saturated carbocycles. The van der Waals surface area contributed by atoms with Crippen LogP contribution in [0.15, 0.2) is 64.5 Å². The van der Waals surface area contributed by atoms with E-state index in [1.165, 1.54) is 11.8 Å². The summed E-state index contributed by atoms with van der Waals surface area (Å²) in [4.78, 5) is 17.0. The third kappa shape index (κ3) is 2.29. The van der Waals surface area contributed by atoms with Gasteiger partial charge >= 0.3 is 5.97 Å². The molecule has 22 heavy (non-hydrogen) atoms. The van der Waals surface area contributed by atoms with Gasteiger partial charge in [-0.3, -0.25) is 4.79 Å². The fourth-order valence-corrected chi connectivity index (χ4v) is 3.26. The summed E-state index contributed by atoms with van der Waals surface area (Å²) in [5.41, 5.74) is 3.61. The average molecular weight is 308 g/mol. The van der Waals surface area contributed by atoms with Gasteiger partial charge in [0.05, 0.1) is 27.7 Å². The van der Waals surface area contributed by atoms with Gasteiger partial charge in [0.15, 0.2) is 0 Å². The third-order valence-corrected chi connectivity index (χ3v) is 4.46. The van der Waals surface area contributed by atoms with Gasteiger partial charge in [0, 0.05) is 0 Å². The number of hydrogen-bond donors (Lipinski definition) is 1. The van der Waals surface area contributed by atoms with Crippen LogP contribution in [-0.4, -0.2) is 17.6 Å². The topological polar surface area (TPSA) is 50.7 Å². The number of esters is 1. The fourth-order valence-electron chi connectivity index (χ4n) is 2.41. The molecule has 0 unspecified atom stereocenters. The zero-order chi connectivity index (χ0) is 14.9. The summed E-state index contributed by atoms with van der Waals surface area (Å²) in [5, 5.41) is 3.44. The second kappa shape index (κ2) is 5.35. The standard InChI is InChI=1S/C17H12N2O2S/c20-14-10-22-16-15(11-6-2-1-3-7-11)18-12-8-4-5-9-13(12)19-17(16)21-14/h1-9,18H,10H2. The first-order valence-corrected chi connectivity index (χ1v) is 7.88. The highest BCUT2D eigenvalue weighted by Gasteiger charge is 2.28. The number of aliphatic imine (C=N–C) groups is 1. The summed E-state index contributed by atoms with van der Waals surface area (Å²) in [5.74, 6) is 0.403. The van der Waals surface area contributed by atoms with E-state index >= 15 is 0 Å². The predicted molar refractivity (Wildman–Crippen MR) is 89.1 cm³/mol. The molecule has 2 aromatic rings. The third-order valence-electron chi connectivity index (χ3n) is 3.41. The molecule has 1 saturated heterocycles. The predicted octanol–water partition coefficient (Wildman–Crippen LogP) is 3.80.